The van der Waals surface area contributed by atoms with E-state index in [-0.39, 0.29) is 34.1 Å². The molecule has 3 saturated carbocycles. The summed E-state index contributed by atoms with van der Waals surface area (Å²) in [6, 6.07) is 0. The molecule has 0 aromatic rings. The summed E-state index contributed by atoms with van der Waals surface area (Å²) in [6.45, 7) is 10.9. The van der Waals surface area contributed by atoms with E-state index in [1.165, 1.54) is 0 Å². The lowest BCUT2D eigenvalue weighted by molar-refractivity contribution is -0.132. The number of nitrogens with zero attached hydrogens (tertiary/aromatic N) is 1. The summed E-state index contributed by atoms with van der Waals surface area (Å²) in [5.74, 6) is 2.08. The molecule has 0 radical (unpaired) electrons. The van der Waals surface area contributed by atoms with Gasteiger partial charge in [-0.15, -0.1) is 0 Å². The maximum Gasteiger partial charge on any atom is 0.269 e. The normalized spacial score (nSPS) is 43.4. The van der Waals surface area contributed by atoms with E-state index in [9.17, 15) is 9.59 Å². The number of rotatable bonds is 1. The van der Waals surface area contributed by atoms with E-state index in [2.05, 4.69) is 51.0 Å². The van der Waals surface area contributed by atoms with Gasteiger partial charge in [-0.3, -0.25) is 9.59 Å². The van der Waals surface area contributed by atoms with Crippen molar-refractivity contribution in [3.05, 3.63) is 12.2 Å². The average Bonchev–Trinajstić information content (AvgIpc) is 2.91. The molecular formula is C23H34N2O2. The lowest BCUT2D eigenvalue weighted by atomic mass is 9.48. The van der Waals surface area contributed by atoms with E-state index in [4.69, 9.17) is 0 Å². The molecular weight excluding hydrogens is 336 g/mol. The van der Waals surface area contributed by atoms with Crippen LogP contribution in [0.1, 0.15) is 73.1 Å². The van der Waals surface area contributed by atoms with Gasteiger partial charge in [0.25, 0.3) is 5.91 Å². The minimum atomic E-state index is -0.175. The molecule has 3 aliphatic carbocycles. The Bertz CT molecular complexity index is 731. The predicted octanol–water partition coefficient (Wildman–Crippen LogP) is 4.30. The first-order valence-electron chi connectivity index (χ1n) is 10.7. The molecule has 1 N–H and O–H groups in total. The van der Waals surface area contributed by atoms with Crippen LogP contribution in [0.25, 0.3) is 0 Å². The third kappa shape index (κ3) is 2.91. The van der Waals surface area contributed by atoms with Crippen LogP contribution in [-0.2, 0) is 9.59 Å². The number of allylic oxidation sites excluding steroid dienone is 1. The topological polar surface area (TPSA) is 58.5 Å². The average molecular weight is 371 g/mol. The van der Waals surface area contributed by atoms with Crippen LogP contribution in [0.3, 0.4) is 0 Å². The van der Waals surface area contributed by atoms with Crippen molar-refractivity contribution in [2.75, 3.05) is 0 Å². The Morgan fingerprint density at radius 2 is 1.89 bits per heavy atom. The van der Waals surface area contributed by atoms with Crippen LogP contribution < -0.4 is 5.32 Å². The number of hydrogen-bond donors (Lipinski definition) is 1. The highest BCUT2D eigenvalue weighted by molar-refractivity contribution is 6.07. The third-order valence-corrected chi connectivity index (χ3v) is 8.18. The molecule has 4 aliphatic rings. The molecule has 0 aromatic heterocycles. The Morgan fingerprint density at radius 3 is 2.59 bits per heavy atom. The molecule has 4 rings (SSSR count). The van der Waals surface area contributed by atoms with E-state index in [0.29, 0.717) is 17.8 Å². The van der Waals surface area contributed by atoms with Crippen molar-refractivity contribution in [2.24, 2.45) is 39.5 Å². The molecule has 1 aliphatic heterocycles. The summed E-state index contributed by atoms with van der Waals surface area (Å²) < 4.78 is 0. The van der Waals surface area contributed by atoms with Gasteiger partial charge in [-0.2, -0.15) is 0 Å². The van der Waals surface area contributed by atoms with Crippen LogP contribution in [0.5, 0.6) is 0 Å². The predicted molar refractivity (Wildman–Crippen MR) is 107 cm³/mol. The molecule has 2 amide bonds. The van der Waals surface area contributed by atoms with E-state index in [1.54, 1.807) is 6.08 Å². The van der Waals surface area contributed by atoms with Crippen LogP contribution in [0.15, 0.2) is 17.1 Å². The fraction of sp³-hybridized carbons (Fsp3) is 0.783. The number of aliphatic imine (C=N–C) groups is 1. The highest BCUT2D eigenvalue weighted by Gasteiger charge is 2.60. The monoisotopic (exact) mass is 370 g/mol. The summed E-state index contributed by atoms with van der Waals surface area (Å²) in [6.07, 6.45) is 10.3. The van der Waals surface area contributed by atoms with E-state index >= 15 is 0 Å². The van der Waals surface area contributed by atoms with Gasteiger partial charge < -0.3 is 5.32 Å². The second-order valence-corrected chi connectivity index (χ2v) is 10.8. The molecule has 4 nitrogen and oxygen atoms in total. The number of carbonyl (C=O) groups is 2. The van der Waals surface area contributed by atoms with Crippen molar-refractivity contribution >= 4 is 17.5 Å². The van der Waals surface area contributed by atoms with Gasteiger partial charge in [-0.05, 0) is 82.5 Å². The number of hydrogen-bond acceptors (Lipinski definition) is 2. The quantitative estimate of drug-likeness (QED) is 0.748. The smallest absolute Gasteiger partial charge is 0.269 e. The zero-order valence-corrected chi connectivity index (χ0v) is 17.5. The minimum absolute atomic E-state index is 0.0656. The van der Waals surface area contributed by atoms with Crippen molar-refractivity contribution in [1.82, 2.24) is 5.32 Å². The van der Waals surface area contributed by atoms with Gasteiger partial charge in [0.15, 0.2) is 0 Å². The maximum absolute atomic E-state index is 13.0. The Hall–Kier alpha value is -1.45. The first-order valence-corrected chi connectivity index (χ1v) is 10.7. The van der Waals surface area contributed by atoms with Crippen LogP contribution >= 0.6 is 0 Å². The van der Waals surface area contributed by atoms with Crippen molar-refractivity contribution in [1.29, 1.82) is 0 Å². The van der Waals surface area contributed by atoms with Gasteiger partial charge in [-0.1, -0.05) is 19.9 Å². The Morgan fingerprint density at radius 1 is 1.15 bits per heavy atom. The van der Waals surface area contributed by atoms with Gasteiger partial charge in [0.05, 0.1) is 0 Å². The molecule has 0 unspecified atom stereocenters. The summed E-state index contributed by atoms with van der Waals surface area (Å²) in [7, 11) is 0. The molecule has 27 heavy (non-hydrogen) atoms. The number of fused-ring (bicyclic) bond motifs is 5. The van der Waals surface area contributed by atoms with Crippen molar-refractivity contribution in [2.45, 2.75) is 78.7 Å². The molecule has 6 atom stereocenters. The van der Waals surface area contributed by atoms with Crippen LogP contribution in [0.4, 0.5) is 0 Å². The molecule has 0 spiro atoms. The second-order valence-electron chi connectivity index (χ2n) is 10.8. The Labute approximate surface area is 163 Å². The van der Waals surface area contributed by atoms with Gasteiger partial charge in [0.1, 0.15) is 0 Å². The molecule has 0 saturated heterocycles. The summed E-state index contributed by atoms with van der Waals surface area (Å²) in [5, 5.41) is 3.24. The van der Waals surface area contributed by atoms with Crippen molar-refractivity contribution in [3.63, 3.8) is 0 Å². The van der Waals surface area contributed by atoms with E-state index in [1.807, 2.05) is 0 Å². The SMILES string of the molecule is CC(C)(C)NC(=O)[C@H]1CC[C@H]2[C@@H]3CCC4=NC(=O)C=C[C@]4(C)[C@H]3CC[C@]12C. The van der Waals surface area contributed by atoms with Gasteiger partial charge >= 0.3 is 0 Å². The molecule has 1 heterocycles. The van der Waals surface area contributed by atoms with Crippen molar-refractivity contribution in [3.8, 4) is 0 Å². The lowest BCUT2D eigenvalue weighted by Gasteiger charge is -2.56. The number of carbonyl (C=O) groups excluding carboxylic acids is 2. The Balaban J connectivity index is 1.59. The summed E-state index contributed by atoms with van der Waals surface area (Å²) in [5.41, 5.74) is 0.964. The van der Waals surface area contributed by atoms with Crippen LogP contribution in [-0.4, -0.2) is 23.1 Å². The van der Waals surface area contributed by atoms with Crippen molar-refractivity contribution < 1.29 is 9.59 Å². The highest BCUT2D eigenvalue weighted by atomic mass is 16.2. The van der Waals surface area contributed by atoms with Gasteiger partial charge in [0, 0.05) is 28.7 Å². The molecule has 148 valence electrons. The first-order chi connectivity index (χ1) is 12.5. The van der Waals surface area contributed by atoms with Crippen LogP contribution in [0.2, 0.25) is 0 Å². The fourth-order valence-electron chi connectivity index (χ4n) is 6.92. The minimum Gasteiger partial charge on any atom is -0.351 e. The molecule has 0 aromatic carbocycles. The lowest BCUT2D eigenvalue weighted by Crippen LogP contribution is -2.54. The third-order valence-electron chi connectivity index (χ3n) is 8.18. The number of dihydropyridines is 1. The maximum atomic E-state index is 13.0. The molecule has 4 heteroatoms. The molecule has 0 bridgehead atoms. The van der Waals surface area contributed by atoms with Gasteiger partial charge in [-0.25, -0.2) is 4.99 Å². The Kier molecular flexibility index (Phi) is 4.21. The number of nitrogens with one attached hydrogen (secondary N) is 1. The fourth-order valence-corrected chi connectivity index (χ4v) is 6.92. The summed E-state index contributed by atoms with van der Waals surface area (Å²) >= 11 is 0. The first kappa shape index (κ1) is 18.9. The zero-order valence-electron chi connectivity index (χ0n) is 17.5. The van der Waals surface area contributed by atoms with E-state index in [0.717, 1.165) is 44.2 Å². The molecule has 3 fully saturated rings. The number of amides is 2. The highest BCUT2D eigenvalue weighted by Crippen LogP contribution is 2.64. The second kappa shape index (κ2) is 6.02. The van der Waals surface area contributed by atoms with Crippen LogP contribution in [0, 0.1) is 34.5 Å². The summed E-state index contributed by atoms with van der Waals surface area (Å²) in [4.78, 5) is 29.2. The zero-order chi connectivity index (χ0) is 19.6. The van der Waals surface area contributed by atoms with E-state index < -0.39 is 0 Å². The largest absolute Gasteiger partial charge is 0.351 e. The van der Waals surface area contributed by atoms with Gasteiger partial charge in [0.2, 0.25) is 5.91 Å². The standard InChI is InChI=1S/C23H34N2O2/c1-21(2,3)25-20(27)17-8-7-15-14-6-9-18-23(5,13-11-19(26)24-18)16(14)10-12-22(15,17)4/h11,13-17H,6-10,12H2,1-5H3,(H,25,27)/t14-,15-,16-,17+,22-,23+/m0/s1.